The van der Waals surface area contributed by atoms with Gasteiger partial charge >= 0.3 is 0 Å². The van der Waals surface area contributed by atoms with Crippen molar-refractivity contribution in [3.63, 3.8) is 0 Å². The number of hydrogen-bond acceptors (Lipinski definition) is 2. The molecule has 4 rings (SSSR count). The van der Waals surface area contributed by atoms with E-state index in [9.17, 15) is 0 Å². The molecule has 2 heterocycles. The SMILES string of the molecule is c1ccc2sc3nc4ccccc4c-3cc2c1. The molecule has 80 valence electrons. The van der Waals surface area contributed by atoms with E-state index < -0.39 is 0 Å². The minimum absolute atomic E-state index is 1.09. The Morgan fingerprint density at radius 1 is 0.882 bits per heavy atom. The van der Waals surface area contributed by atoms with Crippen LogP contribution in [-0.4, -0.2) is 4.98 Å². The van der Waals surface area contributed by atoms with Crippen LogP contribution in [0.5, 0.6) is 0 Å². The number of hydrogen-bond donors (Lipinski definition) is 0. The summed E-state index contributed by atoms with van der Waals surface area (Å²) in [6, 6.07) is 19.1. The van der Waals surface area contributed by atoms with E-state index in [1.807, 2.05) is 6.07 Å². The van der Waals surface area contributed by atoms with E-state index >= 15 is 0 Å². The molecular weight excluding hydrogens is 226 g/mol. The van der Waals surface area contributed by atoms with E-state index in [-0.39, 0.29) is 0 Å². The van der Waals surface area contributed by atoms with Crippen molar-refractivity contribution in [2.45, 2.75) is 0 Å². The van der Waals surface area contributed by atoms with Crippen molar-refractivity contribution in [1.29, 1.82) is 0 Å². The average Bonchev–Trinajstić information content (AvgIpc) is 2.73. The Hall–Kier alpha value is -1.93. The summed E-state index contributed by atoms with van der Waals surface area (Å²) >= 11 is 1.77. The smallest absolute Gasteiger partial charge is 0.125 e. The number of para-hydroxylation sites is 1. The van der Waals surface area contributed by atoms with Gasteiger partial charge < -0.3 is 0 Å². The number of aromatic nitrogens is 1. The van der Waals surface area contributed by atoms with Gasteiger partial charge in [-0.25, -0.2) is 4.98 Å². The van der Waals surface area contributed by atoms with Crippen LogP contribution in [0.2, 0.25) is 0 Å². The third kappa shape index (κ3) is 1.28. The van der Waals surface area contributed by atoms with Gasteiger partial charge in [0.2, 0.25) is 0 Å². The highest BCUT2D eigenvalue weighted by Crippen LogP contribution is 2.37. The highest BCUT2D eigenvalue weighted by Gasteiger charge is 2.12. The number of rotatable bonds is 0. The second-order valence-electron chi connectivity index (χ2n) is 4.13. The quantitative estimate of drug-likeness (QED) is 0.435. The Labute approximate surface area is 103 Å². The molecule has 0 unspecified atom stereocenters. The largest absolute Gasteiger partial charge is 0.237 e. The number of fused-ring (bicyclic) bond motifs is 4. The Morgan fingerprint density at radius 3 is 2.71 bits per heavy atom. The standard InChI is InChI=1S/C15H9NS/c1-4-8-14-10(5-1)9-12-11-6-2-3-7-13(11)16-15(12)17-14/h1-9H. The van der Waals surface area contributed by atoms with Gasteiger partial charge in [-0.3, -0.25) is 0 Å². The first-order chi connectivity index (χ1) is 8.42. The zero-order chi connectivity index (χ0) is 11.2. The molecule has 2 aliphatic heterocycles. The molecule has 1 nitrogen and oxygen atoms in total. The zero-order valence-electron chi connectivity index (χ0n) is 9.05. The predicted octanol–water partition coefficient (Wildman–Crippen LogP) is 4.55. The van der Waals surface area contributed by atoms with Gasteiger partial charge in [-0.05, 0) is 23.6 Å². The Kier molecular flexibility index (Phi) is 1.76. The molecule has 0 aliphatic carbocycles. The van der Waals surface area contributed by atoms with Gasteiger partial charge in [-0.2, -0.15) is 0 Å². The molecule has 0 amide bonds. The summed E-state index contributed by atoms with van der Waals surface area (Å²) in [4.78, 5) is 4.68. The van der Waals surface area contributed by atoms with E-state index in [2.05, 4.69) is 53.5 Å². The second-order valence-corrected chi connectivity index (χ2v) is 5.16. The second kappa shape index (κ2) is 3.28. The number of nitrogens with zero attached hydrogens (tertiary/aromatic N) is 1. The van der Waals surface area contributed by atoms with Crippen molar-refractivity contribution in [2.75, 3.05) is 0 Å². The maximum atomic E-state index is 4.68. The lowest BCUT2D eigenvalue weighted by molar-refractivity contribution is 1.52. The molecular formula is C15H9NS. The van der Waals surface area contributed by atoms with E-state index in [0.29, 0.717) is 0 Å². The Morgan fingerprint density at radius 2 is 1.71 bits per heavy atom. The summed E-state index contributed by atoms with van der Waals surface area (Å²) in [5.41, 5.74) is 2.36. The first kappa shape index (κ1) is 9.14. The van der Waals surface area contributed by atoms with Crippen LogP contribution < -0.4 is 0 Å². The van der Waals surface area contributed by atoms with Gasteiger partial charge in [0.05, 0.1) is 5.52 Å². The summed E-state index contributed by atoms with van der Waals surface area (Å²) in [5, 5.41) is 3.68. The summed E-state index contributed by atoms with van der Waals surface area (Å²) in [5.74, 6) is 0. The van der Waals surface area contributed by atoms with Gasteiger partial charge in [0.1, 0.15) is 5.01 Å². The van der Waals surface area contributed by atoms with Gasteiger partial charge in [-0.1, -0.05) is 36.4 Å². The fourth-order valence-electron chi connectivity index (χ4n) is 2.25. The normalized spacial score (nSPS) is 11.5. The van der Waals surface area contributed by atoms with E-state index in [4.69, 9.17) is 0 Å². The van der Waals surface area contributed by atoms with Crippen molar-refractivity contribution in [2.24, 2.45) is 0 Å². The van der Waals surface area contributed by atoms with Crippen LogP contribution in [0.25, 0.3) is 31.6 Å². The summed E-state index contributed by atoms with van der Waals surface area (Å²) in [6.07, 6.45) is 0. The van der Waals surface area contributed by atoms with Crippen LogP contribution in [0, 0.1) is 0 Å². The summed E-state index contributed by atoms with van der Waals surface area (Å²) in [7, 11) is 0. The van der Waals surface area contributed by atoms with Crippen LogP contribution >= 0.6 is 11.3 Å². The Bertz CT molecular complexity index is 794. The highest BCUT2D eigenvalue weighted by molar-refractivity contribution is 7.21. The summed E-state index contributed by atoms with van der Waals surface area (Å²) < 4.78 is 1.29. The average molecular weight is 235 g/mol. The molecule has 2 aromatic carbocycles. The van der Waals surface area contributed by atoms with Crippen LogP contribution in [0.3, 0.4) is 0 Å². The van der Waals surface area contributed by atoms with E-state index in [1.54, 1.807) is 11.3 Å². The minimum atomic E-state index is 1.09. The molecule has 0 bridgehead atoms. The van der Waals surface area contributed by atoms with E-state index in [1.165, 1.54) is 21.0 Å². The lowest BCUT2D eigenvalue weighted by atomic mass is 10.1. The van der Waals surface area contributed by atoms with Crippen molar-refractivity contribution in [1.82, 2.24) is 4.98 Å². The monoisotopic (exact) mass is 235 g/mol. The van der Waals surface area contributed by atoms with Crippen LogP contribution in [0.4, 0.5) is 0 Å². The Balaban J connectivity index is 2.25. The van der Waals surface area contributed by atoms with Crippen molar-refractivity contribution in [3.8, 4) is 10.6 Å². The lowest BCUT2D eigenvalue weighted by Gasteiger charge is -2.00. The van der Waals surface area contributed by atoms with Gasteiger partial charge in [0.15, 0.2) is 0 Å². The highest BCUT2D eigenvalue weighted by atomic mass is 32.1. The van der Waals surface area contributed by atoms with Crippen LogP contribution in [0.1, 0.15) is 0 Å². The number of benzene rings is 2. The molecule has 2 aliphatic rings. The van der Waals surface area contributed by atoms with Gasteiger partial charge in [0, 0.05) is 15.6 Å². The lowest BCUT2D eigenvalue weighted by Crippen LogP contribution is -1.74. The minimum Gasteiger partial charge on any atom is -0.237 e. The fourth-order valence-corrected chi connectivity index (χ4v) is 3.28. The summed E-state index contributed by atoms with van der Waals surface area (Å²) in [6.45, 7) is 0. The zero-order valence-corrected chi connectivity index (χ0v) is 9.87. The molecule has 2 aromatic rings. The third-order valence-corrected chi connectivity index (χ3v) is 4.17. The molecule has 0 N–H and O–H groups in total. The van der Waals surface area contributed by atoms with Crippen molar-refractivity contribution < 1.29 is 0 Å². The maximum Gasteiger partial charge on any atom is 0.125 e. The first-order valence-corrected chi connectivity index (χ1v) is 6.40. The van der Waals surface area contributed by atoms with Crippen molar-refractivity contribution >= 4 is 32.3 Å². The third-order valence-electron chi connectivity index (χ3n) is 3.07. The first-order valence-electron chi connectivity index (χ1n) is 5.59. The van der Waals surface area contributed by atoms with E-state index in [0.717, 1.165) is 10.5 Å². The predicted molar refractivity (Wildman–Crippen MR) is 73.7 cm³/mol. The van der Waals surface area contributed by atoms with Gasteiger partial charge in [0.25, 0.3) is 0 Å². The fraction of sp³-hybridized carbons (Fsp3) is 0. The molecule has 0 atom stereocenters. The molecule has 0 radical (unpaired) electrons. The topological polar surface area (TPSA) is 12.9 Å². The molecule has 0 aromatic heterocycles. The van der Waals surface area contributed by atoms with Gasteiger partial charge in [-0.15, -0.1) is 11.3 Å². The van der Waals surface area contributed by atoms with Crippen molar-refractivity contribution in [3.05, 3.63) is 54.6 Å². The van der Waals surface area contributed by atoms with Crippen LogP contribution in [-0.2, 0) is 0 Å². The molecule has 0 saturated heterocycles. The molecule has 0 fully saturated rings. The molecule has 0 saturated carbocycles. The maximum absolute atomic E-state index is 4.68. The molecule has 2 heteroatoms. The molecule has 0 spiro atoms. The molecule has 17 heavy (non-hydrogen) atoms. The van der Waals surface area contributed by atoms with Crippen LogP contribution in [0.15, 0.2) is 54.6 Å².